The summed E-state index contributed by atoms with van der Waals surface area (Å²) in [6.07, 6.45) is -0.0353. The molecule has 0 aliphatic heterocycles. The lowest BCUT2D eigenvalue weighted by atomic mass is 9.86. The molecule has 0 amide bonds. The van der Waals surface area contributed by atoms with Gasteiger partial charge in [0.1, 0.15) is 0 Å². The zero-order chi connectivity index (χ0) is 16.3. The molecular weight excluding hydrogens is 272 g/mol. The molecule has 0 aliphatic rings. The third-order valence-electron chi connectivity index (χ3n) is 3.62. The van der Waals surface area contributed by atoms with Crippen LogP contribution < -0.4 is 5.73 Å². The fraction of sp³-hybridized carbons (Fsp3) is 0.263. The van der Waals surface area contributed by atoms with Crippen molar-refractivity contribution in [2.45, 2.75) is 32.6 Å². The molecule has 0 heterocycles. The van der Waals surface area contributed by atoms with Crippen molar-refractivity contribution in [3.8, 4) is 11.1 Å². The van der Waals surface area contributed by atoms with Gasteiger partial charge in [-0.25, -0.2) is 0 Å². The van der Waals surface area contributed by atoms with Crippen LogP contribution in [0.3, 0.4) is 0 Å². The number of hydrogen-bond acceptors (Lipinski definition) is 2. The van der Waals surface area contributed by atoms with E-state index in [2.05, 4.69) is 45.0 Å². The Kier molecular flexibility index (Phi) is 4.45. The molecule has 0 radical (unpaired) electrons. The summed E-state index contributed by atoms with van der Waals surface area (Å²) in [6.45, 7) is 6.55. The van der Waals surface area contributed by atoms with Gasteiger partial charge in [-0.15, -0.1) is 0 Å². The number of nitrogens with two attached hydrogens (primary N) is 1. The first-order valence-electron chi connectivity index (χ1n) is 7.34. The molecule has 2 aromatic carbocycles. The number of ketones is 1. The van der Waals surface area contributed by atoms with Crippen molar-refractivity contribution in [3.63, 3.8) is 0 Å². The van der Waals surface area contributed by atoms with Gasteiger partial charge in [0.05, 0.1) is 12.3 Å². The van der Waals surface area contributed by atoms with Crippen molar-refractivity contribution in [1.82, 2.24) is 0 Å². The minimum Gasteiger partial charge on any atom is -0.387 e. The number of benzene rings is 2. The molecule has 0 atom stereocenters. The van der Waals surface area contributed by atoms with Gasteiger partial charge in [0.15, 0.2) is 5.78 Å². The SMILES string of the molecule is CC(C)(C)c1ccc(-c2cccc(C(=O)CC(=N)N)c2)cc1. The van der Waals surface area contributed by atoms with Crippen LogP contribution in [0.5, 0.6) is 0 Å². The van der Waals surface area contributed by atoms with Crippen molar-refractivity contribution in [1.29, 1.82) is 5.41 Å². The molecule has 0 aromatic heterocycles. The predicted molar refractivity (Wildman–Crippen MR) is 91.4 cm³/mol. The Morgan fingerprint density at radius 1 is 1.05 bits per heavy atom. The molecule has 0 saturated carbocycles. The van der Waals surface area contributed by atoms with Crippen LogP contribution in [0.15, 0.2) is 48.5 Å². The topological polar surface area (TPSA) is 66.9 Å². The minimum absolute atomic E-state index is 0.0353. The first-order valence-corrected chi connectivity index (χ1v) is 7.34. The van der Waals surface area contributed by atoms with Crippen LogP contribution in [-0.2, 0) is 5.41 Å². The van der Waals surface area contributed by atoms with Crippen molar-refractivity contribution in [2.24, 2.45) is 5.73 Å². The molecule has 3 nitrogen and oxygen atoms in total. The van der Waals surface area contributed by atoms with E-state index in [4.69, 9.17) is 11.1 Å². The molecule has 0 fully saturated rings. The summed E-state index contributed by atoms with van der Waals surface area (Å²) in [4.78, 5) is 12.0. The average Bonchev–Trinajstić information content (AvgIpc) is 2.46. The quantitative estimate of drug-likeness (QED) is 0.505. The Hall–Kier alpha value is -2.42. The number of carbonyl (C=O) groups excluding carboxylic acids is 1. The Bertz CT molecular complexity index is 694. The van der Waals surface area contributed by atoms with E-state index in [1.807, 2.05) is 18.2 Å². The Morgan fingerprint density at radius 3 is 2.23 bits per heavy atom. The van der Waals surface area contributed by atoms with Crippen LogP contribution in [0, 0.1) is 5.41 Å². The number of amidine groups is 1. The standard InChI is InChI=1S/C19H22N2O/c1-19(2,3)16-9-7-13(8-10-16)14-5-4-6-15(11-14)17(22)12-18(20)21/h4-11H,12H2,1-3H3,(H3,20,21). The first-order chi connectivity index (χ1) is 10.3. The van der Waals surface area contributed by atoms with Crippen LogP contribution in [0.1, 0.15) is 43.1 Å². The molecular formula is C19H22N2O. The van der Waals surface area contributed by atoms with Crippen LogP contribution in [0.2, 0.25) is 0 Å². The van der Waals surface area contributed by atoms with Crippen molar-refractivity contribution < 1.29 is 4.79 Å². The monoisotopic (exact) mass is 294 g/mol. The summed E-state index contributed by atoms with van der Waals surface area (Å²) in [7, 11) is 0. The molecule has 2 rings (SSSR count). The summed E-state index contributed by atoms with van der Waals surface area (Å²) in [5, 5.41) is 7.23. The second-order valence-corrected chi connectivity index (χ2v) is 6.53. The van der Waals surface area contributed by atoms with E-state index in [1.54, 1.807) is 6.07 Å². The molecule has 0 saturated heterocycles. The van der Waals surface area contributed by atoms with E-state index in [-0.39, 0.29) is 23.5 Å². The zero-order valence-electron chi connectivity index (χ0n) is 13.3. The third-order valence-corrected chi connectivity index (χ3v) is 3.62. The summed E-state index contributed by atoms with van der Waals surface area (Å²) in [5.41, 5.74) is 9.36. The molecule has 22 heavy (non-hydrogen) atoms. The van der Waals surface area contributed by atoms with Gasteiger partial charge in [0.25, 0.3) is 0 Å². The van der Waals surface area contributed by atoms with Crippen molar-refractivity contribution in [3.05, 3.63) is 59.7 Å². The van der Waals surface area contributed by atoms with Crippen molar-refractivity contribution in [2.75, 3.05) is 0 Å². The maximum atomic E-state index is 12.0. The number of Topliss-reactive ketones (excluding diaryl/α,β-unsaturated/α-hetero) is 1. The van der Waals surface area contributed by atoms with E-state index >= 15 is 0 Å². The lowest BCUT2D eigenvalue weighted by Crippen LogP contribution is -2.15. The zero-order valence-corrected chi connectivity index (χ0v) is 13.3. The van der Waals surface area contributed by atoms with Gasteiger partial charge in [0.2, 0.25) is 0 Å². The lowest BCUT2D eigenvalue weighted by molar-refractivity contribution is 0.100. The highest BCUT2D eigenvalue weighted by Crippen LogP contribution is 2.26. The van der Waals surface area contributed by atoms with Gasteiger partial charge < -0.3 is 5.73 Å². The molecule has 0 unspecified atom stereocenters. The number of nitrogens with one attached hydrogen (secondary N) is 1. The second-order valence-electron chi connectivity index (χ2n) is 6.53. The predicted octanol–water partition coefficient (Wildman–Crippen LogP) is 4.16. The van der Waals surface area contributed by atoms with E-state index < -0.39 is 0 Å². The largest absolute Gasteiger partial charge is 0.387 e. The fourth-order valence-electron chi connectivity index (χ4n) is 2.31. The lowest BCUT2D eigenvalue weighted by Gasteiger charge is -2.19. The molecule has 0 aliphatic carbocycles. The molecule has 2 aromatic rings. The smallest absolute Gasteiger partial charge is 0.170 e. The molecule has 3 heteroatoms. The molecule has 0 spiro atoms. The third kappa shape index (κ3) is 3.82. The van der Waals surface area contributed by atoms with Gasteiger partial charge in [-0.3, -0.25) is 10.2 Å². The van der Waals surface area contributed by atoms with Crippen LogP contribution in [0.4, 0.5) is 0 Å². The highest BCUT2D eigenvalue weighted by atomic mass is 16.1. The van der Waals surface area contributed by atoms with Crippen molar-refractivity contribution >= 4 is 11.6 Å². The first kappa shape index (κ1) is 16.0. The van der Waals surface area contributed by atoms with Gasteiger partial charge in [-0.1, -0.05) is 63.2 Å². The maximum Gasteiger partial charge on any atom is 0.170 e. The van der Waals surface area contributed by atoms with Gasteiger partial charge >= 0.3 is 0 Å². The van der Waals surface area contributed by atoms with E-state index in [1.165, 1.54) is 5.56 Å². The average molecular weight is 294 g/mol. The van der Waals surface area contributed by atoms with E-state index in [0.29, 0.717) is 5.56 Å². The number of hydrogen-bond donors (Lipinski definition) is 2. The highest BCUT2D eigenvalue weighted by molar-refractivity contribution is 6.08. The molecule has 3 N–H and O–H groups in total. The minimum atomic E-state index is -0.124. The Labute approximate surface area is 131 Å². The van der Waals surface area contributed by atoms with Gasteiger partial charge in [-0.05, 0) is 28.2 Å². The van der Waals surface area contributed by atoms with Crippen LogP contribution in [-0.4, -0.2) is 11.6 Å². The Morgan fingerprint density at radius 2 is 1.68 bits per heavy atom. The Balaban J connectivity index is 2.30. The number of carbonyl (C=O) groups is 1. The fourth-order valence-corrected chi connectivity index (χ4v) is 2.31. The van der Waals surface area contributed by atoms with Crippen LogP contribution >= 0.6 is 0 Å². The molecule has 114 valence electrons. The maximum absolute atomic E-state index is 12.0. The second kappa shape index (κ2) is 6.14. The van der Waals surface area contributed by atoms with E-state index in [0.717, 1.165) is 11.1 Å². The normalized spacial score (nSPS) is 11.2. The highest BCUT2D eigenvalue weighted by Gasteiger charge is 2.13. The summed E-state index contributed by atoms with van der Waals surface area (Å²) < 4.78 is 0. The molecule has 0 bridgehead atoms. The van der Waals surface area contributed by atoms with E-state index in [9.17, 15) is 4.79 Å². The van der Waals surface area contributed by atoms with Gasteiger partial charge in [0, 0.05) is 5.56 Å². The van der Waals surface area contributed by atoms with Crippen LogP contribution in [0.25, 0.3) is 11.1 Å². The summed E-state index contributed by atoms with van der Waals surface area (Å²) in [6, 6.07) is 15.9. The number of rotatable bonds is 4. The summed E-state index contributed by atoms with van der Waals surface area (Å²) in [5.74, 6) is -0.231. The van der Waals surface area contributed by atoms with Gasteiger partial charge in [-0.2, -0.15) is 0 Å². The summed E-state index contributed by atoms with van der Waals surface area (Å²) >= 11 is 0.